The highest BCUT2D eigenvalue weighted by atomic mass is 16.7. The summed E-state index contributed by atoms with van der Waals surface area (Å²) < 4.78 is 15.2. The van der Waals surface area contributed by atoms with Crippen LogP contribution in [0.4, 0.5) is 0 Å². The van der Waals surface area contributed by atoms with Gasteiger partial charge in [0.2, 0.25) is 0 Å². The van der Waals surface area contributed by atoms with Crippen LogP contribution in [-0.4, -0.2) is 26.0 Å². The first kappa shape index (κ1) is 12.5. The van der Waals surface area contributed by atoms with Crippen LogP contribution in [0.2, 0.25) is 0 Å². The third kappa shape index (κ3) is 3.90. The standard InChI is InChI=1S/C12H16O4/c1-3-9-15-11(13)12(14-2)16-10-7-5-4-6-8-10/h4-8,12H,3,9H2,1-2H3. The number of hydrogen-bond acceptors (Lipinski definition) is 4. The van der Waals surface area contributed by atoms with Crippen molar-refractivity contribution >= 4 is 5.97 Å². The van der Waals surface area contributed by atoms with E-state index in [4.69, 9.17) is 14.2 Å². The first-order valence-corrected chi connectivity index (χ1v) is 5.19. The van der Waals surface area contributed by atoms with Gasteiger partial charge in [-0.1, -0.05) is 25.1 Å². The van der Waals surface area contributed by atoms with E-state index >= 15 is 0 Å². The molecule has 1 atom stereocenters. The second kappa shape index (κ2) is 6.85. The van der Waals surface area contributed by atoms with Gasteiger partial charge in [-0.3, -0.25) is 0 Å². The molecule has 4 heteroatoms. The molecule has 0 aliphatic carbocycles. The number of carbonyl (C=O) groups excluding carboxylic acids is 1. The number of para-hydroxylation sites is 1. The van der Waals surface area contributed by atoms with Gasteiger partial charge in [0.1, 0.15) is 5.75 Å². The Hall–Kier alpha value is -1.55. The van der Waals surface area contributed by atoms with Gasteiger partial charge in [0.05, 0.1) is 6.61 Å². The summed E-state index contributed by atoms with van der Waals surface area (Å²) in [7, 11) is 1.40. The van der Waals surface area contributed by atoms with Crippen molar-refractivity contribution in [3.8, 4) is 5.75 Å². The average Bonchev–Trinajstić information content (AvgIpc) is 2.34. The lowest BCUT2D eigenvalue weighted by Crippen LogP contribution is -2.31. The minimum atomic E-state index is -1.01. The van der Waals surface area contributed by atoms with Gasteiger partial charge in [0, 0.05) is 7.11 Å². The molecule has 0 aliphatic heterocycles. The number of hydrogen-bond donors (Lipinski definition) is 0. The summed E-state index contributed by atoms with van der Waals surface area (Å²) in [6.45, 7) is 2.30. The first-order chi connectivity index (χ1) is 7.77. The Morgan fingerprint density at radius 1 is 1.31 bits per heavy atom. The van der Waals surface area contributed by atoms with Gasteiger partial charge in [-0.05, 0) is 18.6 Å². The molecule has 0 radical (unpaired) electrons. The fraction of sp³-hybridized carbons (Fsp3) is 0.417. The topological polar surface area (TPSA) is 44.8 Å². The summed E-state index contributed by atoms with van der Waals surface area (Å²) in [6, 6.07) is 9.00. The van der Waals surface area contributed by atoms with Crippen molar-refractivity contribution < 1.29 is 19.0 Å². The molecule has 1 rings (SSSR count). The number of ether oxygens (including phenoxy) is 3. The Morgan fingerprint density at radius 3 is 2.56 bits per heavy atom. The molecular weight excluding hydrogens is 208 g/mol. The van der Waals surface area contributed by atoms with Gasteiger partial charge in [0.25, 0.3) is 6.29 Å². The average molecular weight is 224 g/mol. The fourth-order valence-electron chi connectivity index (χ4n) is 1.09. The SMILES string of the molecule is CCCOC(=O)C(OC)Oc1ccccc1. The Morgan fingerprint density at radius 2 is 2.00 bits per heavy atom. The van der Waals surface area contributed by atoms with Crippen molar-refractivity contribution in [2.45, 2.75) is 19.6 Å². The molecule has 4 nitrogen and oxygen atoms in total. The summed E-state index contributed by atoms with van der Waals surface area (Å²) in [4.78, 5) is 11.5. The van der Waals surface area contributed by atoms with Crippen LogP contribution in [-0.2, 0) is 14.3 Å². The van der Waals surface area contributed by atoms with E-state index in [1.807, 2.05) is 25.1 Å². The van der Waals surface area contributed by atoms with Crippen molar-refractivity contribution in [2.24, 2.45) is 0 Å². The molecule has 0 aliphatic rings. The molecule has 1 aromatic carbocycles. The summed E-state index contributed by atoms with van der Waals surface area (Å²) in [5, 5.41) is 0. The lowest BCUT2D eigenvalue weighted by atomic mass is 10.3. The zero-order chi connectivity index (χ0) is 11.8. The maximum Gasteiger partial charge on any atom is 0.376 e. The van der Waals surface area contributed by atoms with E-state index in [1.165, 1.54) is 7.11 Å². The van der Waals surface area contributed by atoms with Crippen molar-refractivity contribution in [1.29, 1.82) is 0 Å². The molecule has 1 aromatic rings. The predicted octanol–water partition coefficient (Wildman–Crippen LogP) is 1.99. The minimum Gasteiger partial charge on any atom is -0.461 e. The number of methoxy groups -OCH3 is 1. The molecule has 88 valence electrons. The lowest BCUT2D eigenvalue weighted by molar-refractivity contribution is -0.173. The van der Waals surface area contributed by atoms with Crippen LogP contribution in [0.1, 0.15) is 13.3 Å². The van der Waals surface area contributed by atoms with E-state index in [9.17, 15) is 4.79 Å². The largest absolute Gasteiger partial charge is 0.461 e. The number of rotatable bonds is 6. The van der Waals surface area contributed by atoms with Crippen LogP contribution in [0, 0.1) is 0 Å². The molecule has 0 saturated heterocycles. The Labute approximate surface area is 95.1 Å². The van der Waals surface area contributed by atoms with E-state index in [1.54, 1.807) is 12.1 Å². The first-order valence-electron chi connectivity index (χ1n) is 5.19. The predicted molar refractivity (Wildman–Crippen MR) is 59.1 cm³/mol. The molecule has 0 saturated carbocycles. The molecule has 0 spiro atoms. The highest BCUT2D eigenvalue weighted by Gasteiger charge is 2.20. The summed E-state index contributed by atoms with van der Waals surface area (Å²) in [6.07, 6.45) is -0.234. The summed E-state index contributed by atoms with van der Waals surface area (Å²) >= 11 is 0. The second-order valence-corrected chi connectivity index (χ2v) is 3.17. The Kier molecular flexibility index (Phi) is 5.36. The fourth-order valence-corrected chi connectivity index (χ4v) is 1.09. The van der Waals surface area contributed by atoms with Crippen LogP contribution < -0.4 is 4.74 Å². The van der Waals surface area contributed by atoms with Gasteiger partial charge in [-0.25, -0.2) is 4.79 Å². The third-order valence-corrected chi connectivity index (χ3v) is 1.84. The smallest absolute Gasteiger partial charge is 0.376 e. The van der Waals surface area contributed by atoms with Crippen molar-refractivity contribution in [2.75, 3.05) is 13.7 Å². The van der Waals surface area contributed by atoms with Crippen LogP contribution >= 0.6 is 0 Å². The van der Waals surface area contributed by atoms with Crippen molar-refractivity contribution in [3.05, 3.63) is 30.3 Å². The zero-order valence-corrected chi connectivity index (χ0v) is 9.51. The molecule has 1 unspecified atom stereocenters. The Bertz CT molecular complexity index is 310. The minimum absolute atomic E-state index is 0.372. The van der Waals surface area contributed by atoms with E-state index < -0.39 is 12.3 Å². The molecule has 0 N–H and O–H groups in total. The van der Waals surface area contributed by atoms with Gasteiger partial charge in [-0.2, -0.15) is 0 Å². The highest BCUT2D eigenvalue weighted by molar-refractivity contribution is 5.73. The van der Waals surface area contributed by atoms with E-state index in [-0.39, 0.29) is 0 Å². The summed E-state index contributed by atoms with van der Waals surface area (Å²) in [5.74, 6) is 0.0657. The molecule has 0 aromatic heterocycles. The second-order valence-electron chi connectivity index (χ2n) is 3.17. The van der Waals surface area contributed by atoms with Gasteiger partial charge < -0.3 is 14.2 Å². The van der Waals surface area contributed by atoms with Crippen molar-refractivity contribution in [1.82, 2.24) is 0 Å². The zero-order valence-electron chi connectivity index (χ0n) is 9.51. The van der Waals surface area contributed by atoms with E-state index in [0.29, 0.717) is 12.4 Å². The number of carbonyl (C=O) groups is 1. The quantitative estimate of drug-likeness (QED) is 0.547. The van der Waals surface area contributed by atoms with Crippen LogP contribution in [0.5, 0.6) is 5.75 Å². The molecule has 0 heterocycles. The van der Waals surface area contributed by atoms with E-state index in [0.717, 1.165) is 6.42 Å². The number of esters is 1. The maximum absolute atomic E-state index is 11.5. The van der Waals surface area contributed by atoms with Crippen LogP contribution in [0.15, 0.2) is 30.3 Å². The molecule has 0 bridgehead atoms. The molecular formula is C12H16O4. The van der Waals surface area contributed by atoms with Gasteiger partial charge >= 0.3 is 5.97 Å². The third-order valence-electron chi connectivity index (χ3n) is 1.84. The Balaban J connectivity index is 2.52. The maximum atomic E-state index is 11.5. The lowest BCUT2D eigenvalue weighted by Gasteiger charge is -2.15. The van der Waals surface area contributed by atoms with Crippen molar-refractivity contribution in [3.63, 3.8) is 0 Å². The monoisotopic (exact) mass is 224 g/mol. The molecule has 0 fully saturated rings. The molecule has 0 amide bonds. The van der Waals surface area contributed by atoms with E-state index in [2.05, 4.69) is 0 Å². The summed E-state index contributed by atoms with van der Waals surface area (Å²) in [5.41, 5.74) is 0. The molecule has 16 heavy (non-hydrogen) atoms. The normalized spacial score (nSPS) is 11.9. The van der Waals surface area contributed by atoms with Gasteiger partial charge in [0.15, 0.2) is 0 Å². The van der Waals surface area contributed by atoms with Crippen LogP contribution in [0.3, 0.4) is 0 Å². The van der Waals surface area contributed by atoms with Crippen LogP contribution in [0.25, 0.3) is 0 Å². The van der Waals surface area contributed by atoms with Gasteiger partial charge in [-0.15, -0.1) is 0 Å². The highest BCUT2D eigenvalue weighted by Crippen LogP contribution is 2.11. The number of benzene rings is 1.